The molecule has 6 nitrogen and oxygen atoms in total. The first-order valence-corrected chi connectivity index (χ1v) is 6.79. The van der Waals surface area contributed by atoms with Crippen LogP contribution in [0.2, 0.25) is 0 Å². The van der Waals surface area contributed by atoms with Crippen LogP contribution in [0.3, 0.4) is 0 Å². The number of nitriles is 1. The summed E-state index contributed by atoms with van der Waals surface area (Å²) in [5.74, 6) is -1.95. The molecule has 1 unspecified atom stereocenters. The number of nitrogens with zero attached hydrogens (tertiary/aromatic N) is 1. The Hall–Kier alpha value is -2.39. The SMILES string of the molecule is CC(C)(C)OC(=O)C(N)(CC#N)C(=O)OCc1ccccc1. The van der Waals surface area contributed by atoms with Crippen LogP contribution in [-0.4, -0.2) is 23.1 Å². The van der Waals surface area contributed by atoms with Crippen molar-refractivity contribution < 1.29 is 19.1 Å². The fourth-order valence-corrected chi connectivity index (χ4v) is 1.57. The van der Waals surface area contributed by atoms with E-state index in [9.17, 15) is 9.59 Å². The maximum Gasteiger partial charge on any atom is 0.339 e. The Bertz CT molecular complexity index is 572. The predicted molar refractivity (Wildman–Crippen MR) is 79.2 cm³/mol. The fourth-order valence-electron chi connectivity index (χ4n) is 1.57. The van der Waals surface area contributed by atoms with E-state index in [4.69, 9.17) is 20.5 Å². The first-order valence-electron chi connectivity index (χ1n) is 6.79. The molecule has 0 saturated heterocycles. The monoisotopic (exact) mass is 304 g/mol. The topological polar surface area (TPSA) is 102 Å². The zero-order valence-corrected chi connectivity index (χ0v) is 13.0. The first-order chi connectivity index (χ1) is 10.2. The Kier molecular flexibility index (Phi) is 5.66. The summed E-state index contributed by atoms with van der Waals surface area (Å²) in [6.45, 7) is 4.90. The third kappa shape index (κ3) is 4.86. The van der Waals surface area contributed by atoms with Crippen molar-refractivity contribution >= 4 is 11.9 Å². The van der Waals surface area contributed by atoms with Gasteiger partial charge in [0.15, 0.2) is 0 Å². The molecule has 0 amide bonds. The van der Waals surface area contributed by atoms with Crippen LogP contribution in [0, 0.1) is 11.3 Å². The second kappa shape index (κ2) is 7.05. The first kappa shape index (κ1) is 17.7. The van der Waals surface area contributed by atoms with E-state index in [0.29, 0.717) is 0 Å². The van der Waals surface area contributed by atoms with Gasteiger partial charge in [-0.05, 0) is 26.3 Å². The van der Waals surface area contributed by atoms with Crippen molar-refractivity contribution in [3.63, 3.8) is 0 Å². The van der Waals surface area contributed by atoms with Gasteiger partial charge in [-0.15, -0.1) is 0 Å². The number of hydrogen-bond donors (Lipinski definition) is 1. The van der Waals surface area contributed by atoms with Crippen molar-refractivity contribution in [3.05, 3.63) is 35.9 Å². The molecule has 22 heavy (non-hydrogen) atoms. The molecule has 0 aliphatic rings. The van der Waals surface area contributed by atoms with Crippen LogP contribution in [0.1, 0.15) is 32.8 Å². The number of rotatable bonds is 5. The summed E-state index contributed by atoms with van der Waals surface area (Å²) >= 11 is 0. The molecule has 0 spiro atoms. The van der Waals surface area contributed by atoms with E-state index >= 15 is 0 Å². The molecule has 2 N–H and O–H groups in total. The fraction of sp³-hybridized carbons (Fsp3) is 0.438. The molecular weight excluding hydrogens is 284 g/mol. The summed E-state index contributed by atoms with van der Waals surface area (Å²) in [6, 6.07) is 10.7. The van der Waals surface area contributed by atoms with Gasteiger partial charge in [-0.3, -0.25) is 0 Å². The smallest absolute Gasteiger partial charge is 0.339 e. The average Bonchev–Trinajstić information content (AvgIpc) is 2.44. The zero-order chi connectivity index (χ0) is 16.8. The van der Waals surface area contributed by atoms with Gasteiger partial charge in [-0.2, -0.15) is 5.26 Å². The number of hydrogen-bond acceptors (Lipinski definition) is 6. The minimum Gasteiger partial charge on any atom is -0.459 e. The lowest BCUT2D eigenvalue weighted by Crippen LogP contribution is -2.57. The number of carbonyl (C=O) groups excluding carboxylic acids is 2. The van der Waals surface area contributed by atoms with Crippen LogP contribution in [0.4, 0.5) is 0 Å². The van der Waals surface area contributed by atoms with Gasteiger partial charge in [0.05, 0.1) is 12.5 Å². The van der Waals surface area contributed by atoms with Gasteiger partial charge in [0.25, 0.3) is 0 Å². The zero-order valence-electron chi connectivity index (χ0n) is 13.0. The standard InChI is InChI=1S/C16H20N2O4/c1-15(2,3)22-14(20)16(18,9-10-17)13(19)21-11-12-7-5-4-6-8-12/h4-8H,9,11,18H2,1-3H3. The lowest BCUT2D eigenvalue weighted by molar-refractivity contribution is -0.172. The maximum atomic E-state index is 12.2. The number of benzene rings is 1. The average molecular weight is 304 g/mol. The normalized spacial score (nSPS) is 13.6. The molecule has 1 atom stereocenters. The van der Waals surface area contributed by atoms with Crippen molar-refractivity contribution in [2.75, 3.05) is 0 Å². The summed E-state index contributed by atoms with van der Waals surface area (Å²) in [6.07, 6.45) is -0.518. The van der Waals surface area contributed by atoms with Gasteiger partial charge in [-0.25, -0.2) is 9.59 Å². The van der Waals surface area contributed by atoms with Gasteiger partial charge in [0.2, 0.25) is 5.54 Å². The minimum absolute atomic E-state index is 0.0349. The van der Waals surface area contributed by atoms with Gasteiger partial charge >= 0.3 is 11.9 Å². The Morgan fingerprint density at radius 2 is 1.77 bits per heavy atom. The van der Waals surface area contributed by atoms with E-state index in [1.54, 1.807) is 51.1 Å². The molecule has 0 aliphatic carbocycles. The Morgan fingerprint density at radius 1 is 1.18 bits per heavy atom. The highest BCUT2D eigenvalue weighted by Crippen LogP contribution is 2.18. The van der Waals surface area contributed by atoms with Crippen LogP contribution >= 0.6 is 0 Å². The summed E-state index contributed by atoms with van der Waals surface area (Å²) in [5.41, 5.74) is 3.59. The van der Waals surface area contributed by atoms with Crippen LogP contribution in [0.15, 0.2) is 30.3 Å². The van der Waals surface area contributed by atoms with E-state index < -0.39 is 29.5 Å². The Morgan fingerprint density at radius 3 is 2.27 bits per heavy atom. The number of nitrogens with two attached hydrogens (primary N) is 1. The summed E-state index contributed by atoms with van der Waals surface area (Å²) in [4.78, 5) is 24.3. The second-order valence-electron chi connectivity index (χ2n) is 5.87. The van der Waals surface area contributed by atoms with Crippen molar-refractivity contribution in [1.29, 1.82) is 5.26 Å². The minimum atomic E-state index is -2.13. The Balaban J connectivity index is 2.82. The molecule has 6 heteroatoms. The van der Waals surface area contributed by atoms with Crippen LogP contribution in [0.5, 0.6) is 0 Å². The van der Waals surface area contributed by atoms with Gasteiger partial charge in [-0.1, -0.05) is 30.3 Å². The quantitative estimate of drug-likeness (QED) is 0.656. The summed E-state index contributed by atoms with van der Waals surface area (Å²) in [7, 11) is 0. The van der Waals surface area contributed by atoms with Crippen molar-refractivity contribution in [2.24, 2.45) is 5.73 Å². The van der Waals surface area contributed by atoms with Crippen LogP contribution in [0.25, 0.3) is 0 Å². The number of carbonyl (C=O) groups is 2. The van der Waals surface area contributed by atoms with E-state index in [2.05, 4.69) is 0 Å². The molecule has 0 fully saturated rings. The van der Waals surface area contributed by atoms with E-state index in [1.165, 1.54) is 0 Å². The van der Waals surface area contributed by atoms with Crippen molar-refractivity contribution in [1.82, 2.24) is 0 Å². The molecule has 1 aromatic carbocycles. The number of ether oxygens (including phenoxy) is 2. The Labute approximate surface area is 129 Å². The predicted octanol–water partition coefficient (Wildman–Crippen LogP) is 1.68. The maximum absolute atomic E-state index is 12.2. The molecule has 118 valence electrons. The highest BCUT2D eigenvalue weighted by Gasteiger charge is 2.46. The van der Waals surface area contributed by atoms with E-state index in [-0.39, 0.29) is 6.61 Å². The molecule has 1 aromatic rings. The highest BCUT2D eigenvalue weighted by molar-refractivity contribution is 6.05. The highest BCUT2D eigenvalue weighted by atomic mass is 16.6. The summed E-state index contributed by atoms with van der Waals surface area (Å²) in [5, 5.41) is 8.84. The van der Waals surface area contributed by atoms with Crippen LogP contribution < -0.4 is 5.73 Å². The largest absolute Gasteiger partial charge is 0.459 e. The molecule has 0 aromatic heterocycles. The lowest BCUT2D eigenvalue weighted by atomic mass is 9.97. The van der Waals surface area contributed by atoms with E-state index in [1.807, 2.05) is 6.07 Å². The van der Waals surface area contributed by atoms with Gasteiger partial charge in [0.1, 0.15) is 12.2 Å². The van der Waals surface area contributed by atoms with Gasteiger partial charge < -0.3 is 15.2 Å². The third-order valence-electron chi connectivity index (χ3n) is 2.70. The number of esters is 2. The molecule has 0 heterocycles. The molecule has 0 saturated carbocycles. The molecule has 0 bridgehead atoms. The second-order valence-corrected chi connectivity index (χ2v) is 5.87. The van der Waals surface area contributed by atoms with Crippen molar-refractivity contribution in [2.45, 2.75) is 44.9 Å². The molecule has 0 radical (unpaired) electrons. The summed E-state index contributed by atoms with van der Waals surface area (Å²) < 4.78 is 10.2. The van der Waals surface area contributed by atoms with Crippen LogP contribution in [-0.2, 0) is 25.7 Å². The van der Waals surface area contributed by atoms with E-state index in [0.717, 1.165) is 5.56 Å². The molecule has 1 rings (SSSR count). The molecular formula is C16H20N2O4. The van der Waals surface area contributed by atoms with Crippen molar-refractivity contribution in [3.8, 4) is 6.07 Å². The third-order valence-corrected chi connectivity index (χ3v) is 2.70. The molecule has 0 aliphatic heterocycles. The lowest BCUT2D eigenvalue weighted by Gasteiger charge is -2.27. The van der Waals surface area contributed by atoms with Gasteiger partial charge in [0, 0.05) is 0 Å².